The summed E-state index contributed by atoms with van der Waals surface area (Å²) >= 11 is 0. The summed E-state index contributed by atoms with van der Waals surface area (Å²) < 4.78 is 25.4. The third kappa shape index (κ3) is 3.53. The molecule has 0 unspecified atom stereocenters. The van der Waals surface area contributed by atoms with Crippen molar-refractivity contribution in [2.45, 2.75) is 4.90 Å². The Morgan fingerprint density at radius 1 is 1.32 bits per heavy atom. The van der Waals surface area contributed by atoms with E-state index >= 15 is 0 Å². The van der Waals surface area contributed by atoms with E-state index in [4.69, 9.17) is 5.26 Å². The highest BCUT2D eigenvalue weighted by molar-refractivity contribution is 7.89. The van der Waals surface area contributed by atoms with Crippen molar-refractivity contribution in [3.63, 3.8) is 0 Å². The molecule has 0 aliphatic heterocycles. The van der Waals surface area contributed by atoms with E-state index < -0.39 is 10.0 Å². The first-order valence-electron chi connectivity index (χ1n) is 5.45. The molecule has 0 atom stereocenters. The number of nitriles is 1. The minimum Gasteiger partial charge on any atom is -0.348 e. The number of carbonyl (C=O) groups is 1. The molecular formula is C12H15N3O3S. The molecule has 0 spiro atoms. The van der Waals surface area contributed by atoms with E-state index in [0.29, 0.717) is 0 Å². The second-order valence-electron chi connectivity index (χ2n) is 4.19. The van der Waals surface area contributed by atoms with Crippen LogP contribution in [0.25, 0.3) is 0 Å². The SMILES string of the molecule is CN(C)C(=O)CN(C)S(=O)(=O)c1cccc(C#N)c1. The molecule has 0 saturated carbocycles. The first-order chi connectivity index (χ1) is 8.78. The lowest BCUT2D eigenvalue weighted by atomic mass is 10.2. The topological polar surface area (TPSA) is 81.5 Å². The van der Waals surface area contributed by atoms with Crippen LogP contribution in [0.15, 0.2) is 29.2 Å². The van der Waals surface area contributed by atoms with Crippen LogP contribution < -0.4 is 0 Å². The fourth-order valence-electron chi connectivity index (χ4n) is 1.32. The van der Waals surface area contributed by atoms with Crippen molar-refractivity contribution in [3.05, 3.63) is 29.8 Å². The number of hydrogen-bond donors (Lipinski definition) is 0. The number of hydrogen-bond acceptors (Lipinski definition) is 4. The summed E-state index contributed by atoms with van der Waals surface area (Å²) in [4.78, 5) is 12.8. The average Bonchev–Trinajstić information content (AvgIpc) is 2.38. The summed E-state index contributed by atoms with van der Waals surface area (Å²) in [6.45, 7) is -0.244. The van der Waals surface area contributed by atoms with E-state index in [2.05, 4.69) is 0 Å². The van der Waals surface area contributed by atoms with Gasteiger partial charge < -0.3 is 4.90 Å². The molecule has 0 fully saturated rings. The average molecular weight is 281 g/mol. The Bertz CT molecular complexity index is 617. The Morgan fingerprint density at radius 3 is 2.47 bits per heavy atom. The number of likely N-dealkylation sites (N-methyl/N-ethyl adjacent to an activating group) is 2. The maximum atomic E-state index is 12.2. The predicted octanol–water partition coefficient (Wildman–Crippen LogP) is 0.267. The van der Waals surface area contributed by atoms with E-state index in [9.17, 15) is 13.2 Å². The molecule has 102 valence electrons. The van der Waals surface area contributed by atoms with Crippen LogP contribution in [0.4, 0.5) is 0 Å². The Morgan fingerprint density at radius 2 is 1.95 bits per heavy atom. The number of amides is 1. The van der Waals surface area contributed by atoms with Gasteiger partial charge in [0, 0.05) is 21.1 Å². The Hall–Kier alpha value is -1.91. The van der Waals surface area contributed by atoms with Crippen molar-refractivity contribution in [2.75, 3.05) is 27.7 Å². The molecule has 7 heteroatoms. The number of carbonyl (C=O) groups excluding carboxylic acids is 1. The third-order valence-corrected chi connectivity index (χ3v) is 4.33. The smallest absolute Gasteiger partial charge is 0.243 e. The molecule has 1 amide bonds. The summed E-state index contributed by atoms with van der Waals surface area (Å²) in [5, 5.41) is 8.77. The lowest BCUT2D eigenvalue weighted by Crippen LogP contribution is -2.37. The van der Waals surface area contributed by atoms with Crippen molar-refractivity contribution >= 4 is 15.9 Å². The third-order valence-electron chi connectivity index (χ3n) is 2.53. The summed E-state index contributed by atoms with van der Waals surface area (Å²) in [6, 6.07) is 7.57. The molecule has 0 heterocycles. The number of benzene rings is 1. The molecule has 0 saturated heterocycles. The number of rotatable bonds is 4. The molecule has 0 N–H and O–H groups in total. The molecule has 0 aliphatic carbocycles. The van der Waals surface area contributed by atoms with Gasteiger partial charge in [-0.05, 0) is 18.2 Å². The van der Waals surface area contributed by atoms with Crippen molar-refractivity contribution in [1.29, 1.82) is 5.26 Å². The molecule has 0 aromatic heterocycles. The van der Waals surface area contributed by atoms with Crippen LogP contribution in [-0.2, 0) is 14.8 Å². The molecule has 1 rings (SSSR count). The summed E-state index contributed by atoms with van der Waals surface area (Å²) in [6.07, 6.45) is 0. The van der Waals surface area contributed by atoms with Crippen molar-refractivity contribution in [3.8, 4) is 6.07 Å². The normalized spacial score (nSPS) is 11.1. The maximum Gasteiger partial charge on any atom is 0.243 e. The molecule has 0 radical (unpaired) electrons. The van der Waals surface area contributed by atoms with Crippen molar-refractivity contribution in [2.24, 2.45) is 0 Å². The van der Waals surface area contributed by atoms with E-state index in [1.54, 1.807) is 14.1 Å². The predicted molar refractivity (Wildman–Crippen MR) is 69.7 cm³/mol. The van der Waals surface area contributed by atoms with Gasteiger partial charge in [-0.3, -0.25) is 4.79 Å². The number of nitrogens with zero attached hydrogens (tertiary/aromatic N) is 3. The van der Waals surface area contributed by atoms with Crippen LogP contribution in [0.1, 0.15) is 5.56 Å². The van der Waals surface area contributed by atoms with Crippen molar-refractivity contribution < 1.29 is 13.2 Å². The highest BCUT2D eigenvalue weighted by Crippen LogP contribution is 2.15. The Labute approximate surface area is 112 Å². The molecule has 0 bridgehead atoms. The van der Waals surface area contributed by atoms with Crippen LogP contribution in [0, 0.1) is 11.3 Å². The Balaban J connectivity index is 3.03. The van der Waals surface area contributed by atoms with Crippen LogP contribution in [0.5, 0.6) is 0 Å². The quantitative estimate of drug-likeness (QED) is 0.793. The monoisotopic (exact) mass is 281 g/mol. The first-order valence-corrected chi connectivity index (χ1v) is 6.89. The fourth-order valence-corrected chi connectivity index (χ4v) is 2.49. The van der Waals surface area contributed by atoms with Crippen LogP contribution in [0.2, 0.25) is 0 Å². The van der Waals surface area contributed by atoms with Crippen molar-refractivity contribution in [1.82, 2.24) is 9.21 Å². The van der Waals surface area contributed by atoms with Gasteiger partial charge in [0.1, 0.15) is 0 Å². The molecule has 6 nitrogen and oxygen atoms in total. The van der Waals surface area contributed by atoms with Gasteiger partial charge in [0.05, 0.1) is 23.1 Å². The zero-order valence-corrected chi connectivity index (χ0v) is 11.8. The standard InChI is InChI=1S/C12H15N3O3S/c1-14(2)12(16)9-15(3)19(17,18)11-6-4-5-10(7-11)8-13/h4-7H,9H2,1-3H3. The zero-order chi connectivity index (χ0) is 14.6. The zero-order valence-electron chi connectivity index (χ0n) is 11.0. The number of sulfonamides is 1. The van der Waals surface area contributed by atoms with E-state index in [-0.39, 0.29) is 22.9 Å². The van der Waals surface area contributed by atoms with Gasteiger partial charge in [-0.1, -0.05) is 6.07 Å². The highest BCUT2D eigenvalue weighted by Gasteiger charge is 2.23. The van der Waals surface area contributed by atoms with E-state index in [0.717, 1.165) is 4.31 Å². The minimum absolute atomic E-state index is 0.000561. The summed E-state index contributed by atoms with van der Waals surface area (Å²) in [5.74, 6) is -0.317. The van der Waals surface area contributed by atoms with Gasteiger partial charge >= 0.3 is 0 Å². The van der Waals surface area contributed by atoms with Gasteiger partial charge in [0.15, 0.2) is 0 Å². The van der Waals surface area contributed by atoms with E-state index in [1.807, 2.05) is 6.07 Å². The van der Waals surface area contributed by atoms with Crippen LogP contribution in [-0.4, -0.2) is 51.2 Å². The lowest BCUT2D eigenvalue weighted by Gasteiger charge is -2.19. The van der Waals surface area contributed by atoms with E-state index in [1.165, 1.54) is 36.2 Å². The van der Waals surface area contributed by atoms with Gasteiger partial charge in [-0.25, -0.2) is 8.42 Å². The molecule has 0 aliphatic rings. The minimum atomic E-state index is -3.77. The summed E-state index contributed by atoms with van der Waals surface area (Å²) in [5.41, 5.74) is 0.258. The largest absolute Gasteiger partial charge is 0.348 e. The first kappa shape index (κ1) is 15.1. The van der Waals surface area contributed by atoms with Gasteiger partial charge in [-0.15, -0.1) is 0 Å². The molecule has 1 aromatic carbocycles. The van der Waals surface area contributed by atoms with Gasteiger partial charge in [0.25, 0.3) is 0 Å². The maximum absolute atomic E-state index is 12.2. The second-order valence-corrected chi connectivity index (χ2v) is 6.23. The molecular weight excluding hydrogens is 266 g/mol. The van der Waals surface area contributed by atoms with Gasteiger partial charge in [-0.2, -0.15) is 9.57 Å². The fraction of sp³-hybridized carbons (Fsp3) is 0.333. The second kappa shape index (κ2) is 5.82. The Kier molecular flexibility index (Phi) is 4.64. The summed E-state index contributed by atoms with van der Waals surface area (Å²) in [7, 11) is 0.673. The van der Waals surface area contributed by atoms with Crippen LogP contribution >= 0.6 is 0 Å². The lowest BCUT2D eigenvalue weighted by molar-refractivity contribution is -0.128. The molecule has 19 heavy (non-hydrogen) atoms. The highest BCUT2D eigenvalue weighted by atomic mass is 32.2. The van der Waals surface area contributed by atoms with Gasteiger partial charge in [0.2, 0.25) is 15.9 Å². The van der Waals surface area contributed by atoms with Crippen LogP contribution in [0.3, 0.4) is 0 Å². The molecule has 1 aromatic rings.